The van der Waals surface area contributed by atoms with Crippen molar-refractivity contribution >= 4 is 29.1 Å². The van der Waals surface area contributed by atoms with Crippen LogP contribution in [0.1, 0.15) is 44.1 Å². The maximum Gasteiger partial charge on any atom is 0.325 e. The number of fused-ring (bicyclic) bond motifs is 2. The Labute approximate surface area is 156 Å². The van der Waals surface area contributed by atoms with Crippen LogP contribution in [0.15, 0.2) is 30.3 Å². The van der Waals surface area contributed by atoms with Crippen LogP contribution in [0.2, 0.25) is 0 Å². The number of imide groups is 1. The molecule has 0 radical (unpaired) electrons. The SMILES string of the molecule is Cc1cc(C(=O)CN2C(=O)NC3(CCCc4ccccc43)C2=O)c(C)s1. The van der Waals surface area contributed by atoms with E-state index in [1.54, 1.807) is 11.3 Å². The molecular weight excluding hydrogens is 348 g/mol. The maximum absolute atomic E-state index is 13.2. The van der Waals surface area contributed by atoms with Gasteiger partial charge in [-0.1, -0.05) is 24.3 Å². The molecule has 1 N–H and O–H groups in total. The molecule has 5 nitrogen and oxygen atoms in total. The van der Waals surface area contributed by atoms with Gasteiger partial charge >= 0.3 is 6.03 Å². The number of carbonyl (C=O) groups excluding carboxylic acids is 3. The highest BCUT2D eigenvalue weighted by atomic mass is 32.1. The number of hydrogen-bond acceptors (Lipinski definition) is 4. The Hall–Kier alpha value is -2.47. The minimum absolute atomic E-state index is 0.198. The summed E-state index contributed by atoms with van der Waals surface area (Å²) in [6, 6.07) is 9.08. The highest BCUT2D eigenvalue weighted by Gasteiger charge is 2.54. The van der Waals surface area contributed by atoms with Crippen LogP contribution in [0, 0.1) is 13.8 Å². The second-order valence-corrected chi connectivity index (χ2v) is 8.45. The normalized spacial score (nSPS) is 21.8. The number of rotatable bonds is 3. The van der Waals surface area contributed by atoms with Gasteiger partial charge in [0.25, 0.3) is 5.91 Å². The first-order valence-electron chi connectivity index (χ1n) is 8.75. The van der Waals surface area contributed by atoms with Gasteiger partial charge in [-0.05, 0) is 50.3 Å². The first kappa shape index (κ1) is 17.0. The molecule has 2 aliphatic rings. The molecule has 4 rings (SSSR count). The molecule has 1 unspecified atom stereocenters. The third-order valence-electron chi connectivity index (χ3n) is 5.29. The highest BCUT2D eigenvalue weighted by Crippen LogP contribution is 2.40. The summed E-state index contributed by atoms with van der Waals surface area (Å²) in [4.78, 5) is 41.5. The number of amides is 3. The van der Waals surface area contributed by atoms with Gasteiger partial charge in [-0.15, -0.1) is 11.3 Å². The van der Waals surface area contributed by atoms with Gasteiger partial charge < -0.3 is 5.32 Å². The van der Waals surface area contributed by atoms with Crippen molar-refractivity contribution in [1.82, 2.24) is 10.2 Å². The Morgan fingerprint density at radius 2 is 2.04 bits per heavy atom. The van der Waals surface area contributed by atoms with Gasteiger partial charge in [0, 0.05) is 15.3 Å². The van der Waals surface area contributed by atoms with Crippen LogP contribution in [-0.2, 0) is 16.8 Å². The fraction of sp³-hybridized carbons (Fsp3) is 0.350. The third kappa shape index (κ3) is 2.48. The predicted octanol–water partition coefficient (Wildman–Crippen LogP) is 3.33. The molecule has 0 saturated carbocycles. The summed E-state index contributed by atoms with van der Waals surface area (Å²) in [6.45, 7) is 3.61. The van der Waals surface area contributed by atoms with Gasteiger partial charge in [0.2, 0.25) is 0 Å². The van der Waals surface area contributed by atoms with Crippen molar-refractivity contribution in [2.45, 2.75) is 38.6 Å². The lowest BCUT2D eigenvalue weighted by molar-refractivity contribution is -0.131. The molecule has 26 heavy (non-hydrogen) atoms. The van der Waals surface area contributed by atoms with Gasteiger partial charge in [0.05, 0.1) is 6.54 Å². The molecule has 1 atom stereocenters. The van der Waals surface area contributed by atoms with Gasteiger partial charge in [0.1, 0.15) is 5.54 Å². The Balaban J connectivity index is 1.65. The maximum atomic E-state index is 13.2. The van der Waals surface area contributed by atoms with Crippen LogP contribution < -0.4 is 5.32 Å². The van der Waals surface area contributed by atoms with Crippen molar-refractivity contribution in [2.24, 2.45) is 0 Å². The summed E-state index contributed by atoms with van der Waals surface area (Å²) in [5.74, 6) is -0.510. The number of Topliss-reactive ketones (excluding diaryl/α,β-unsaturated/α-hetero) is 1. The van der Waals surface area contributed by atoms with Crippen LogP contribution in [-0.4, -0.2) is 29.2 Å². The van der Waals surface area contributed by atoms with Gasteiger partial charge in [-0.25, -0.2) is 4.79 Å². The number of ketones is 1. The fourth-order valence-electron chi connectivity index (χ4n) is 4.09. The Bertz CT molecular complexity index is 933. The molecule has 2 aromatic rings. The van der Waals surface area contributed by atoms with Crippen molar-refractivity contribution < 1.29 is 14.4 Å². The third-order valence-corrected chi connectivity index (χ3v) is 6.26. The molecule has 0 bridgehead atoms. The molecule has 6 heteroatoms. The summed E-state index contributed by atoms with van der Waals surface area (Å²) in [7, 11) is 0. The zero-order chi connectivity index (χ0) is 18.5. The molecule has 1 aliphatic carbocycles. The van der Waals surface area contributed by atoms with E-state index in [0.717, 1.165) is 38.6 Å². The van der Waals surface area contributed by atoms with Crippen molar-refractivity contribution in [3.8, 4) is 0 Å². The first-order chi connectivity index (χ1) is 12.4. The summed E-state index contributed by atoms with van der Waals surface area (Å²) in [6.07, 6.45) is 2.29. The Morgan fingerprint density at radius 1 is 1.27 bits per heavy atom. The largest absolute Gasteiger partial charge is 0.325 e. The number of benzene rings is 1. The van der Waals surface area contributed by atoms with Crippen molar-refractivity contribution in [2.75, 3.05) is 6.54 Å². The number of thiophene rings is 1. The molecule has 1 aliphatic heterocycles. The minimum Gasteiger partial charge on any atom is -0.319 e. The molecule has 1 spiro atoms. The second kappa shape index (κ2) is 6.06. The molecule has 3 amide bonds. The van der Waals surface area contributed by atoms with E-state index in [1.807, 2.05) is 44.2 Å². The average molecular weight is 368 g/mol. The minimum atomic E-state index is -1.02. The summed E-state index contributed by atoms with van der Waals surface area (Å²) in [5, 5.41) is 2.89. The van der Waals surface area contributed by atoms with E-state index >= 15 is 0 Å². The van der Waals surface area contributed by atoms with Crippen LogP contribution in [0.4, 0.5) is 4.79 Å². The van der Waals surface area contributed by atoms with Crippen LogP contribution in [0.3, 0.4) is 0 Å². The van der Waals surface area contributed by atoms with Gasteiger partial charge in [0.15, 0.2) is 5.78 Å². The van der Waals surface area contributed by atoms with Crippen molar-refractivity contribution in [1.29, 1.82) is 0 Å². The van der Waals surface area contributed by atoms with E-state index in [-0.39, 0.29) is 18.2 Å². The second-order valence-electron chi connectivity index (χ2n) is 6.99. The Kier molecular flexibility index (Phi) is 3.95. The monoisotopic (exact) mass is 368 g/mol. The van der Waals surface area contributed by atoms with E-state index in [1.165, 1.54) is 0 Å². The number of carbonyl (C=O) groups is 3. The molecule has 1 aromatic heterocycles. The van der Waals surface area contributed by atoms with E-state index in [0.29, 0.717) is 12.0 Å². The number of nitrogens with zero attached hydrogens (tertiary/aromatic N) is 1. The summed E-state index contributed by atoms with van der Waals surface area (Å²) < 4.78 is 0. The lowest BCUT2D eigenvalue weighted by Gasteiger charge is -2.33. The van der Waals surface area contributed by atoms with Crippen LogP contribution in [0.5, 0.6) is 0 Å². The molecule has 1 saturated heterocycles. The summed E-state index contributed by atoms with van der Waals surface area (Å²) in [5.41, 5.74) is 1.52. The predicted molar refractivity (Wildman–Crippen MR) is 99.4 cm³/mol. The summed E-state index contributed by atoms with van der Waals surface area (Å²) >= 11 is 1.54. The van der Waals surface area contributed by atoms with Crippen molar-refractivity contribution in [3.63, 3.8) is 0 Å². The smallest absolute Gasteiger partial charge is 0.319 e. The molecule has 2 heterocycles. The topological polar surface area (TPSA) is 66.5 Å². The molecule has 134 valence electrons. The molecule has 1 fully saturated rings. The fourth-order valence-corrected chi connectivity index (χ4v) is 5.03. The van der Waals surface area contributed by atoms with E-state index in [9.17, 15) is 14.4 Å². The van der Waals surface area contributed by atoms with Gasteiger partial charge in [-0.2, -0.15) is 0 Å². The van der Waals surface area contributed by atoms with Crippen molar-refractivity contribution in [3.05, 3.63) is 56.8 Å². The van der Waals surface area contributed by atoms with E-state index < -0.39 is 11.6 Å². The lowest BCUT2D eigenvalue weighted by atomic mass is 9.76. The molecular formula is C20H20N2O3S. The average Bonchev–Trinajstić information content (AvgIpc) is 3.07. The first-order valence-corrected chi connectivity index (χ1v) is 9.57. The van der Waals surface area contributed by atoms with Crippen LogP contribution in [0.25, 0.3) is 0 Å². The van der Waals surface area contributed by atoms with Gasteiger partial charge in [-0.3, -0.25) is 14.5 Å². The quantitative estimate of drug-likeness (QED) is 0.667. The van der Waals surface area contributed by atoms with Crippen LogP contribution >= 0.6 is 11.3 Å². The van der Waals surface area contributed by atoms with E-state index in [2.05, 4.69) is 5.32 Å². The zero-order valence-corrected chi connectivity index (χ0v) is 15.6. The lowest BCUT2D eigenvalue weighted by Crippen LogP contribution is -2.46. The Morgan fingerprint density at radius 3 is 2.77 bits per heavy atom. The number of aryl methyl sites for hydroxylation is 3. The number of urea groups is 1. The highest BCUT2D eigenvalue weighted by molar-refractivity contribution is 7.12. The number of hydrogen-bond donors (Lipinski definition) is 1. The van der Waals surface area contributed by atoms with E-state index in [4.69, 9.17) is 0 Å². The standard InChI is InChI=1S/C20H20N2O3S/c1-12-10-15(13(2)26-12)17(23)11-22-18(24)20(21-19(22)25)9-5-7-14-6-3-4-8-16(14)20/h3-4,6,8,10H,5,7,9,11H2,1-2H3,(H,21,25). The molecule has 1 aromatic carbocycles. The number of nitrogens with one attached hydrogen (secondary N) is 1. The zero-order valence-electron chi connectivity index (χ0n) is 14.8.